The van der Waals surface area contributed by atoms with Crippen LogP contribution in [0.5, 0.6) is 5.75 Å². The Morgan fingerprint density at radius 1 is 1.18 bits per heavy atom. The number of anilines is 1. The predicted octanol–water partition coefficient (Wildman–Crippen LogP) is 2.26. The SMILES string of the molecule is COc1cccc([C@@H]2CN(c3ncccc3C(N)=O)[C@@H]3C4CCN(CC4)[C@@H]32)c1. The van der Waals surface area contributed by atoms with Crippen LogP contribution in [-0.4, -0.2) is 54.6 Å². The number of primary amides is 1. The van der Waals surface area contributed by atoms with Gasteiger partial charge >= 0.3 is 0 Å². The number of piperidine rings is 3. The van der Waals surface area contributed by atoms with Crippen LogP contribution in [0.2, 0.25) is 0 Å². The lowest BCUT2D eigenvalue weighted by Crippen LogP contribution is -2.60. The number of carbonyl (C=O) groups is 1. The maximum Gasteiger partial charge on any atom is 0.252 e. The van der Waals surface area contributed by atoms with E-state index in [4.69, 9.17) is 10.5 Å². The van der Waals surface area contributed by atoms with E-state index in [1.807, 2.05) is 6.07 Å². The van der Waals surface area contributed by atoms with E-state index in [0.29, 0.717) is 29.5 Å². The summed E-state index contributed by atoms with van der Waals surface area (Å²) in [5.74, 6) is 2.20. The molecule has 28 heavy (non-hydrogen) atoms. The van der Waals surface area contributed by atoms with Crippen molar-refractivity contribution in [2.45, 2.75) is 30.8 Å². The van der Waals surface area contributed by atoms with Crippen LogP contribution in [0.25, 0.3) is 0 Å². The van der Waals surface area contributed by atoms with Gasteiger partial charge in [-0.05, 0) is 61.7 Å². The van der Waals surface area contributed by atoms with Crippen molar-refractivity contribution in [1.82, 2.24) is 9.88 Å². The Bertz CT molecular complexity index is 894. The molecule has 3 atom stereocenters. The minimum atomic E-state index is -0.411. The van der Waals surface area contributed by atoms with Gasteiger partial charge in [0.2, 0.25) is 0 Å². The van der Waals surface area contributed by atoms with Gasteiger partial charge in [0.25, 0.3) is 5.91 Å². The van der Waals surface area contributed by atoms with Gasteiger partial charge in [-0.15, -0.1) is 0 Å². The summed E-state index contributed by atoms with van der Waals surface area (Å²) in [6.45, 7) is 3.16. The second-order valence-corrected chi connectivity index (χ2v) is 8.13. The van der Waals surface area contributed by atoms with Crippen LogP contribution in [0.1, 0.15) is 34.7 Å². The van der Waals surface area contributed by atoms with Crippen molar-refractivity contribution < 1.29 is 9.53 Å². The highest BCUT2D eigenvalue weighted by atomic mass is 16.5. The van der Waals surface area contributed by atoms with Crippen LogP contribution in [-0.2, 0) is 0 Å². The zero-order chi connectivity index (χ0) is 19.3. The van der Waals surface area contributed by atoms with E-state index < -0.39 is 5.91 Å². The van der Waals surface area contributed by atoms with Crippen molar-refractivity contribution in [2.24, 2.45) is 11.7 Å². The highest BCUT2D eigenvalue weighted by Gasteiger charge is 2.54. The Labute approximate surface area is 165 Å². The summed E-state index contributed by atoms with van der Waals surface area (Å²) in [5, 5.41) is 0. The Morgan fingerprint density at radius 3 is 2.75 bits per heavy atom. The third-order valence-electron chi connectivity index (χ3n) is 6.84. The summed E-state index contributed by atoms with van der Waals surface area (Å²) in [6.07, 6.45) is 4.18. The van der Waals surface area contributed by atoms with Gasteiger partial charge in [-0.25, -0.2) is 4.98 Å². The third-order valence-corrected chi connectivity index (χ3v) is 6.84. The number of fused-ring (bicyclic) bond motifs is 2. The number of carbonyl (C=O) groups excluding carboxylic acids is 1. The number of pyridine rings is 1. The van der Waals surface area contributed by atoms with Crippen LogP contribution in [0.15, 0.2) is 42.6 Å². The fourth-order valence-electron chi connectivity index (χ4n) is 5.65. The molecule has 0 spiro atoms. The van der Waals surface area contributed by atoms with Gasteiger partial charge in [0.1, 0.15) is 11.6 Å². The fraction of sp³-hybridized carbons (Fsp3) is 0.455. The molecule has 6 rings (SSSR count). The Morgan fingerprint density at radius 2 is 2.00 bits per heavy atom. The summed E-state index contributed by atoms with van der Waals surface area (Å²) in [4.78, 5) is 21.7. The molecule has 0 unspecified atom stereocenters. The Balaban J connectivity index is 1.59. The molecule has 0 radical (unpaired) electrons. The molecule has 4 fully saturated rings. The number of hydrogen-bond acceptors (Lipinski definition) is 5. The summed E-state index contributed by atoms with van der Waals surface area (Å²) < 4.78 is 5.47. The monoisotopic (exact) mass is 378 g/mol. The maximum absolute atomic E-state index is 12.1. The van der Waals surface area contributed by atoms with Crippen molar-refractivity contribution in [1.29, 1.82) is 0 Å². The topological polar surface area (TPSA) is 71.7 Å². The maximum atomic E-state index is 12.1. The zero-order valence-corrected chi connectivity index (χ0v) is 16.1. The molecular formula is C22H26N4O2. The number of rotatable bonds is 4. The van der Waals surface area contributed by atoms with E-state index in [2.05, 4.69) is 33.0 Å². The predicted molar refractivity (Wildman–Crippen MR) is 108 cm³/mol. The van der Waals surface area contributed by atoms with Gasteiger partial charge in [-0.1, -0.05) is 12.1 Å². The van der Waals surface area contributed by atoms with E-state index in [-0.39, 0.29) is 0 Å². The lowest BCUT2D eigenvalue weighted by molar-refractivity contribution is 0.0354. The molecule has 146 valence electrons. The molecule has 2 bridgehead atoms. The van der Waals surface area contributed by atoms with Crippen LogP contribution in [0.3, 0.4) is 0 Å². The molecular weight excluding hydrogens is 352 g/mol. The summed E-state index contributed by atoms with van der Waals surface area (Å²) >= 11 is 0. The second-order valence-electron chi connectivity index (χ2n) is 8.13. The largest absolute Gasteiger partial charge is 0.497 e. The summed E-state index contributed by atoms with van der Waals surface area (Å²) in [7, 11) is 1.71. The van der Waals surface area contributed by atoms with Crippen molar-refractivity contribution in [2.75, 3.05) is 31.6 Å². The van der Waals surface area contributed by atoms with Gasteiger partial charge in [-0.3, -0.25) is 9.69 Å². The molecule has 2 N–H and O–H groups in total. The third kappa shape index (κ3) is 2.66. The van der Waals surface area contributed by atoms with Crippen LogP contribution < -0.4 is 15.4 Å². The number of nitrogens with two attached hydrogens (primary N) is 1. The van der Waals surface area contributed by atoms with Crippen LogP contribution in [0, 0.1) is 5.92 Å². The molecule has 2 aromatic rings. The van der Waals surface area contributed by atoms with Crippen molar-refractivity contribution in [3.05, 3.63) is 53.7 Å². The minimum Gasteiger partial charge on any atom is -0.497 e. The fourth-order valence-corrected chi connectivity index (χ4v) is 5.65. The average Bonchev–Trinajstić information content (AvgIpc) is 3.17. The van der Waals surface area contributed by atoms with Crippen LogP contribution in [0.4, 0.5) is 5.82 Å². The van der Waals surface area contributed by atoms with Gasteiger partial charge < -0.3 is 15.4 Å². The van der Waals surface area contributed by atoms with E-state index >= 15 is 0 Å². The molecule has 1 aromatic carbocycles. The molecule has 5 heterocycles. The van der Waals surface area contributed by atoms with Gasteiger partial charge in [0.05, 0.1) is 12.7 Å². The van der Waals surface area contributed by atoms with E-state index in [1.54, 1.807) is 25.4 Å². The average molecular weight is 378 g/mol. The number of benzene rings is 1. The minimum absolute atomic E-state index is 0.353. The van der Waals surface area contributed by atoms with Gasteiger partial charge in [-0.2, -0.15) is 0 Å². The Kier molecular flexibility index (Phi) is 4.23. The van der Waals surface area contributed by atoms with Gasteiger partial charge in [0.15, 0.2) is 0 Å². The quantitative estimate of drug-likeness (QED) is 0.884. The highest BCUT2D eigenvalue weighted by Crippen LogP contribution is 2.48. The summed E-state index contributed by atoms with van der Waals surface area (Å²) in [6, 6.07) is 12.8. The van der Waals surface area contributed by atoms with E-state index in [9.17, 15) is 4.79 Å². The number of methoxy groups -OCH3 is 1. The molecule has 1 amide bonds. The molecule has 4 aliphatic rings. The first-order valence-corrected chi connectivity index (χ1v) is 10.1. The Hall–Kier alpha value is -2.60. The van der Waals surface area contributed by atoms with Gasteiger partial charge in [0, 0.05) is 30.7 Å². The zero-order valence-electron chi connectivity index (χ0n) is 16.1. The number of amides is 1. The smallest absolute Gasteiger partial charge is 0.252 e. The second kappa shape index (κ2) is 6.78. The standard InChI is InChI=1S/C22H26N4O2/c1-28-16-5-2-4-15(12-16)18-13-26(22-17(21(23)27)6-3-9-24-22)19-14-7-10-25(11-8-14)20(18)19/h2-6,9,12,14,18-20H,7-8,10-11,13H2,1H3,(H2,23,27)/t18-,19+,20+/m0/s1. The first-order valence-electron chi connectivity index (χ1n) is 10.1. The molecule has 6 nitrogen and oxygen atoms in total. The number of hydrogen-bond donors (Lipinski definition) is 1. The molecule has 4 aliphatic heterocycles. The van der Waals surface area contributed by atoms with Crippen molar-refractivity contribution in [3.8, 4) is 5.75 Å². The first kappa shape index (κ1) is 17.5. The lowest BCUT2D eigenvalue weighted by Gasteiger charge is -2.51. The molecule has 6 heteroatoms. The molecule has 1 aromatic heterocycles. The van der Waals surface area contributed by atoms with Crippen molar-refractivity contribution >= 4 is 11.7 Å². The van der Waals surface area contributed by atoms with Crippen LogP contribution >= 0.6 is 0 Å². The number of ether oxygens (including phenoxy) is 1. The highest BCUT2D eigenvalue weighted by molar-refractivity contribution is 5.97. The number of nitrogens with zero attached hydrogens (tertiary/aromatic N) is 3. The van der Waals surface area contributed by atoms with Crippen molar-refractivity contribution in [3.63, 3.8) is 0 Å². The van der Waals surface area contributed by atoms with E-state index in [0.717, 1.165) is 31.2 Å². The lowest BCUT2D eigenvalue weighted by atomic mass is 9.75. The molecule has 0 aliphatic carbocycles. The molecule has 0 saturated carbocycles. The molecule has 4 saturated heterocycles. The summed E-state index contributed by atoms with van der Waals surface area (Å²) in [5.41, 5.74) is 7.49. The number of aromatic nitrogens is 1. The van der Waals surface area contributed by atoms with E-state index in [1.165, 1.54) is 18.4 Å². The first-order chi connectivity index (χ1) is 13.7. The normalized spacial score (nSPS) is 30.9.